The van der Waals surface area contributed by atoms with Crippen LogP contribution in [0.15, 0.2) is 0 Å². The van der Waals surface area contributed by atoms with Gasteiger partial charge in [-0.05, 0) is 32.2 Å². The van der Waals surface area contributed by atoms with E-state index in [1.807, 2.05) is 14.0 Å². The molecule has 0 aromatic carbocycles. The van der Waals surface area contributed by atoms with Crippen LogP contribution in [-0.4, -0.2) is 18.9 Å². The van der Waals surface area contributed by atoms with E-state index >= 15 is 0 Å². The maximum atomic E-state index is 11.3. The average molecular weight is 155 g/mol. The molecule has 3 unspecified atom stereocenters. The maximum absolute atomic E-state index is 11.3. The lowest BCUT2D eigenvalue weighted by Gasteiger charge is -2.07. The zero-order valence-electron chi connectivity index (χ0n) is 7.55. The highest BCUT2D eigenvalue weighted by Crippen LogP contribution is 2.40. The lowest BCUT2D eigenvalue weighted by Crippen LogP contribution is -2.30. The van der Waals surface area contributed by atoms with Crippen LogP contribution in [0.25, 0.3) is 0 Å². The molecule has 0 aliphatic heterocycles. The van der Waals surface area contributed by atoms with Gasteiger partial charge in [0.25, 0.3) is 0 Å². The van der Waals surface area contributed by atoms with E-state index in [4.69, 9.17) is 0 Å². The molecule has 1 aliphatic carbocycles. The lowest BCUT2D eigenvalue weighted by molar-refractivity contribution is -0.120. The third-order valence-electron chi connectivity index (χ3n) is 2.66. The van der Waals surface area contributed by atoms with Crippen molar-refractivity contribution in [2.75, 3.05) is 7.05 Å². The molecule has 0 aromatic rings. The fourth-order valence-electron chi connectivity index (χ4n) is 1.28. The van der Waals surface area contributed by atoms with Crippen LogP contribution < -0.4 is 5.32 Å². The van der Waals surface area contributed by atoms with Crippen LogP contribution in [0.2, 0.25) is 0 Å². The summed E-state index contributed by atoms with van der Waals surface area (Å²) in [5.74, 6) is 1.85. The smallest absolute Gasteiger partial charge is 0.149 e. The van der Waals surface area contributed by atoms with Crippen molar-refractivity contribution in [1.29, 1.82) is 0 Å². The predicted molar refractivity (Wildman–Crippen MR) is 45.4 cm³/mol. The molecule has 0 saturated heterocycles. The number of carbonyl (C=O) groups excluding carboxylic acids is 1. The molecular formula is C9H17NO. The van der Waals surface area contributed by atoms with Gasteiger partial charge in [-0.25, -0.2) is 0 Å². The van der Waals surface area contributed by atoms with Gasteiger partial charge in [-0.1, -0.05) is 6.92 Å². The highest BCUT2D eigenvalue weighted by atomic mass is 16.1. The van der Waals surface area contributed by atoms with Crippen LogP contribution in [0.3, 0.4) is 0 Å². The zero-order valence-corrected chi connectivity index (χ0v) is 7.55. The van der Waals surface area contributed by atoms with Gasteiger partial charge >= 0.3 is 0 Å². The highest BCUT2D eigenvalue weighted by Gasteiger charge is 2.34. The first-order valence-electron chi connectivity index (χ1n) is 4.35. The summed E-state index contributed by atoms with van der Waals surface area (Å²) < 4.78 is 0. The molecule has 1 saturated carbocycles. The largest absolute Gasteiger partial charge is 0.311 e. The van der Waals surface area contributed by atoms with Crippen LogP contribution in [0.1, 0.15) is 26.7 Å². The third kappa shape index (κ3) is 2.29. The Bertz CT molecular complexity index is 156. The summed E-state index contributed by atoms with van der Waals surface area (Å²) >= 11 is 0. The number of hydrogen-bond acceptors (Lipinski definition) is 2. The van der Waals surface area contributed by atoms with E-state index in [0.29, 0.717) is 11.7 Å². The van der Waals surface area contributed by atoms with Crippen molar-refractivity contribution in [3.63, 3.8) is 0 Å². The topological polar surface area (TPSA) is 29.1 Å². The molecule has 0 aromatic heterocycles. The lowest BCUT2D eigenvalue weighted by atomic mass is 10.1. The van der Waals surface area contributed by atoms with E-state index in [2.05, 4.69) is 12.2 Å². The number of nitrogens with one attached hydrogen (secondary N) is 1. The molecule has 0 spiro atoms. The van der Waals surface area contributed by atoms with Crippen LogP contribution in [0.5, 0.6) is 0 Å². The van der Waals surface area contributed by atoms with Crippen molar-refractivity contribution >= 4 is 5.78 Å². The van der Waals surface area contributed by atoms with Gasteiger partial charge in [0.05, 0.1) is 6.04 Å². The van der Waals surface area contributed by atoms with Crippen molar-refractivity contribution in [2.24, 2.45) is 11.8 Å². The summed E-state index contributed by atoms with van der Waals surface area (Å²) in [6.07, 6.45) is 2.03. The van der Waals surface area contributed by atoms with E-state index < -0.39 is 0 Å². The van der Waals surface area contributed by atoms with Crippen molar-refractivity contribution in [3.05, 3.63) is 0 Å². The maximum Gasteiger partial charge on any atom is 0.149 e. The predicted octanol–water partition coefficient (Wildman–Crippen LogP) is 1.21. The van der Waals surface area contributed by atoms with Gasteiger partial charge in [-0.2, -0.15) is 0 Å². The second-order valence-corrected chi connectivity index (χ2v) is 3.65. The van der Waals surface area contributed by atoms with Gasteiger partial charge in [0.1, 0.15) is 5.78 Å². The Kier molecular flexibility index (Phi) is 2.66. The highest BCUT2D eigenvalue weighted by molar-refractivity contribution is 5.84. The van der Waals surface area contributed by atoms with Crippen molar-refractivity contribution in [2.45, 2.75) is 32.7 Å². The van der Waals surface area contributed by atoms with Crippen molar-refractivity contribution in [3.8, 4) is 0 Å². The molecule has 11 heavy (non-hydrogen) atoms. The van der Waals surface area contributed by atoms with Gasteiger partial charge < -0.3 is 5.32 Å². The summed E-state index contributed by atoms with van der Waals surface area (Å²) in [4.78, 5) is 11.3. The van der Waals surface area contributed by atoms with Gasteiger partial charge in [0.2, 0.25) is 0 Å². The fraction of sp³-hybridized carbons (Fsp3) is 0.889. The molecule has 2 heteroatoms. The van der Waals surface area contributed by atoms with Gasteiger partial charge in [0.15, 0.2) is 0 Å². The summed E-state index contributed by atoms with van der Waals surface area (Å²) in [7, 11) is 1.83. The summed E-state index contributed by atoms with van der Waals surface area (Å²) in [5, 5.41) is 2.96. The molecular weight excluding hydrogens is 138 g/mol. The van der Waals surface area contributed by atoms with Crippen molar-refractivity contribution in [1.82, 2.24) is 5.32 Å². The van der Waals surface area contributed by atoms with Crippen LogP contribution in [0, 0.1) is 11.8 Å². The van der Waals surface area contributed by atoms with E-state index in [-0.39, 0.29) is 6.04 Å². The Morgan fingerprint density at radius 3 is 2.64 bits per heavy atom. The molecule has 0 heterocycles. The summed E-state index contributed by atoms with van der Waals surface area (Å²) in [6.45, 7) is 4.14. The van der Waals surface area contributed by atoms with Gasteiger partial charge in [-0.15, -0.1) is 0 Å². The van der Waals surface area contributed by atoms with E-state index in [0.717, 1.165) is 12.3 Å². The van der Waals surface area contributed by atoms with E-state index in [9.17, 15) is 4.79 Å². The first kappa shape index (κ1) is 8.72. The molecule has 0 bridgehead atoms. The second-order valence-electron chi connectivity index (χ2n) is 3.65. The van der Waals surface area contributed by atoms with Crippen LogP contribution >= 0.6 is 0 Å². The number of rotatable bonds is 4. The van der Waals surface area contributed by atoms with Crippen LogP contribution in [-0.2, 0) is 4.79 Å². The number of Topliss-reactive ketones (excluding diaryl/α,β-unsaturated/α-hetero) is 1. The molecule has 1 N–H and O–H groups in total. The standard InChI is InChI=1S/C9H17NO/c1-6-4-8(6)5-9(11)7(2)10-3/h6-8,10H,4-5H2,1-3H3. The molecule has 0 radical (unpaired) electrons. The van der Waals surface area contributed by atoms with Crippen LogP contribution in [0.4, 0.5) is 0 Å². The molecule has 1 aliphatic rings. The van der Waals surface area contributed by atoms with Gasteiger partial charge in [0, 0.05) is 6.42 Å². The molecule has 2 nitrogen and oxygen atoms in total. The fourth-order valence-corrected chi connectivity index (χ4v) is 1.28. The minimum atomic E-state index is 0.0443. The zero-order chi connectivity index (χ0) is 8.43. The normalized spacial score (nSPS) is 31.5. The molecule has 64 valence electrons. The molecule has 1 fully saturated rings. The van der Waals surface area contributed by atoms with E-state index in [1.165, 1.54) is 6.42 Å². The SMILES string of the molecule is CNC(C)C(=O)CC1CC1C. The number of ketones is 1. The second kappa shape index (κ2) is 3.35. The Balaban J connectivity index is 2.21. The first-order valence-corrected chi connectivity index (χ1v) is 4.35. The first-order chi connectivity index (χ1) is 5.15. The Morgan fingerprint density at radius 1 is 1.73 bits per heavy atom. The minimum Gasteiger partial charge on any atom is -0.311 e. The Hall–Kier alpha value is -0.370. The Morgan fingerprint density at radius 2 is 2.27 bits per heavy atom. The molecule has 0 amide bonds. The number of carbonyl (C=O) groups is 1. The van der Waals surface area contributed by atoms with E-state index in [1.54, 1.807) is 0 Å². The number of hydrogen-bond donors (Lipinski definition) is 1. The third-order valence-corrected chi connectivity index (χ3v) is 2.66. The summed E-state index contributed by atoms with van der Waals surface area (Å²) in [5.41, 5.74) is 0. The van der Waals surface area contributed by atoms with Crippen molar-refractivity contribution < 1.29 is 4.79 Å². The summed E-state index contributed by atoms with van der Waals surface area (Å²) in [6, 6.07) is 0.0443. The molecule has 1 rings (SSSR count). The average Bonchev–Trinajstić information content (AvgIpc) is 2.65. The Labute approximate surface area is 68.4 Å². The van der Waals surface area contributed by atoms with Gasteiger partial charge in [-0.3, -0.25) is 4.79 Å². The monoisotopic (exact) mass is 155 g/mol. The quantitative estimate of drug-likeness (QED) is 0.661. The number of likely N-dealkylation sites (N-methyl/N-ethyl adjacent to an activating group) is 1. The minimum absolute atomic E-state index is 0.0443. The molecule has 3 atom stereocenters.